The number of nitrogen functional groups attached to an aromatic ring is 1. The lowest BCUT2D eigenvalue weighted by molar-refractivity contribution is 0.834. The smallest absolute Gasteiger partial charge is 0.141 e. The molecule has 0 saturated heterocycles. The zero-order valence-electron chi connectivity index (χ0n) is 12.7. The molecule has 0 unspecified atom stereocenters. The molecule has 0 saturated carbocycles. The number of hydrogen-bond donors (Lipinski definition) is 1. The minimum Gasteiger partial charge on any atom is -0.399 e. The highest BCUT2D eigenvalue weighted by Crippen LogP contribution is 2.25. The summed E-state index contributed by atoms with van der Waals surface area (Å²) in [5.74, 6) is 0.989. The van der Waals surface area contributed by atoms with Crippen LogP contribution in [0.4, 0.5) is 5.69 Å². The van der Waals surface area contributed by atoms with Gasteiger partial charge in [0.15, 0.2) is 0 Å². The summed E-state index contributed by atoms with van der Waals surface area (Å²) in [5, 5.41) is 0. The number of rotatable bonds is 3. The molecule has 3 heteroatoms. The first-order valence-corrected chi connectivity index (χ1v) is 7.66. The SMILES string of the molecule is Nc1ccc(Cn2c(-c3ccccc3)nc3ccccc32)cc1. The van der Waals surface area contributed by atoms with Gasteiger partial charge in [0.25, 0.3) is 0 Å². The van der Waals surface area contributed by atoms with E-state index < -0.39 is 0 Å². The molecule has 112 valence electrons. The van der Waals surface area contributed by atoms with Crippen molar-refractivity contribution in [2.45, 2.75) is 6.54 Å². The topological polar surface area (TPSA) is 43.8 Å². The number of benzene rings is 3. The summed E-state index contributed by atoms with van der Waals surface area (Å²) in [6, 6.07) is 26.6. The summed E-state index contributed by atoms with van der Waals surface area (Å²) in [7, 11) is 0. The monoisotopic (exact) mass is 299 g/mol. The van der Waals surface area contributed by atoms with E-state index in [1.807, 2.05) is 36.4 Å². The van der Waals surface area contributed by atoms with Gasteiger partial charge in [-0.25, -0.2) is 4.98 Å². The molecule has 0 aliphatic rings. The zero-order chi connectivity index (χ0) is 15.6. The Bertz CT molecular complexity index is 938. The average molecular weight is 299 g/mol. The predicted octanol–water partition coefficient (Wildman–Crippen LogP) is 4.33. The Balaban J connectivity index is 1.87. The van der Waals surface area contributed by atoms with Gasteiger partial charge in [-0.05, 0) is 29.8 Å². The van der Waals surface area contributed by atoms with Crippen LogP contribution in [0, 0.1) is 0 Å². The van der Waals surface area contributed by atoms with Crippen molar-refractivity contribution in [1.82, 2.24) is 9.55 Å². The molecule has 0 fully saturated rings. The first-order chi connectivity index (χ1) is 11.3. The number of nitrogens with zero attached hydrogens (tertiary/aromatic N) is 2. The Labute approximate surface area is 135 Å². The molecule has 0 aliphatic heterocycles. The van der Waals surface area contributed by atoms with Crippen molar-refractivity contribution in [3.05, 3.63) is 84.4 Å². The van der Waals surface area contributed by atoms with Gasteiger partial charge in [0.2, 0.25) is 0 Å². The summed E-state index contributed by atoms with van der Waals surface area (Å²) >= 11 is 0. The second-order valence-electron chi connectivity index (χ2n) is 5.62. The van der Waals surface area contributed by atoms with Crippen LogP contribution in [0.3, 0.4) is 0 Å². The van der Waals surface area contributed by atoms with Crippen molar-refractivity contribution >= 4 is 16.7 Å². The van der Waals surface area contributed by atoms with Gasteiger partial charge in [-0.3, -0.25) is 0 Å². The van der Waals surface area contributed by atoms with Crippen LogP contribution >= 0.6 is 0 Å². The Kier molecular flexibility index (Phi) is 3.31. The molecule has 0 bridgehead atoms. The Morgan fingerprint density at radius 2 is 1.48 bits per heavy atom. The van der Waals surface area contributed by atoms with Gasteiger partial charge in [0, 0.05) is 17.8 Å². The van der Waals surface area contributed by atoms with Crippen molar-refractivity contribution in [2.75, 3.05) is 5.73 Å². The van der Waals surface area contributed by atoms with Crippen LogP contribution < -0.4 is 5.73 Å². The van der Waals surface area contributed by atoms with Crippen molar-refractivity contribution in [1.29, 1.82) is 0 Å². The zero-order valence-corrected chi connectivity index (χ0v) is 12.7. The minimum atomic E-state index is 0.769. The fourth-order valence-electron chi connectivity index (χ4n) is 2.85. The Morgan fingerprint density at radius 1 is 0.783 bits per heavy atom. The number of hydrogen-bond acceptors (Lipinski definition) is 2. The van der Waals surface area contributed by atoms with E-state index in [1.165, 1.54) is 5.56 Å². The molecule has 2 N–H and O–H groups in total. The molecule has 0 aliphatic carbocycles. The lowest BCUT2D eigenvalue weighted by Crippen LogP contribution is -2.02. The Morgan fingerprint density at radius 3 is 2.26 bits per heavy atom. The van der Waals surface area contributed by atoms with Crippen LogP contribution in [0.2, 0.25) is 0 Å². The number of aromatic nitrogens is 2. The molecular weight excluding hydrogens is 282 g/mol. The fourth-order valence-corrected chi connectivity index (χ4v) is 2.85. The van der Waals surface area contributed by atoms with Gasteiger partial charge >= 0.3 is 0 Å². The van der Waals surface area contributed by atoms with Crippen molar-refractivity contribution < 1.29 is 0 Å². The first kappa shape index (κ1) is 13.6. The molecule has 4 rings (SSSR count). The van der Waals surface area contributed by atoms with Gasteiger partial charge in [-0.1, -0.05) is 54.6 Å². The maximum Gasteiger partial charge on any atom is 0.141 e. The maximum atomic E-state index is 5.79. The number of nitrogens with two attached hydrogens (primary N) is 1. The van der Waals surface area contributed by atoms with Gasteiger partial charge in [-0.15, -0.1) is 0 Å². The van der Waals surface area contributed by atoms with E-state index in [0.29, 0.717) is 0 Å². The molecule has 4 aromatic rings. The molecule has 0 spiro atoms. The molecule has 3 aromatic carbocycles. The molecule has 3 nitrogen and oxygen atoms in total. The Hall–Kier alpha value is -3.07. The van der Waals surface area contributed by atoms with Crippen molar-refractivity contribution in [2.24, 2.45) is 0 Å². The van der Waals surface area contributed by atoms with Gasteiger partial charge < -0.3 is 10.3 Å². The third kappa shape index (κ3) is 2.57. The van der Waals surface area contributed by atoms with Crippen LogP contribution in [0.25, 0.3) is 22.4 Å². The largest absolute Gasteiger partial charge is 0.399 e. The van der Waals surface area contributed by atoms with Crippen molar-refractivity contribution in [3.8, 4) is 11.4 Å². The highest BCUT2D eigenvalue weighted by atomic mass is 15.1. The maximum absolute atomic E-state index is 5.79. The summed E-state index contributed by atoms with van der Waals surface area (Å²) in [6.07, 6.45) is 0. The molecular formula is C20H17N3. The van der Waals surface area contributed by atoms with E-state index in [0.717, 1.165) is 34.7 Å². The average Bonchev–Trinajstić information content (AvgIpc) is 2.96. The van der Waals surface area contributed by atoms with Crippen LogP contribution in [0.15, 0.2) is 78.9 Å². The van der Waals surface area contributed by atoms with Crippen LogP contribution in [0.1, 0.15) is 5.56 Å². The number of fused-ring (bicyclic) bond motifs is 1. The normalized spacial score (nSPS) is 11.0. The summed E-state index contributed by atoms with van der Waals surface area (Å²) in [4.78, 5) is 4.83. The fraction of sp³-hybridized carbons (Fsp3) is 0.0500. The van der Waals surface area contributed by atoms with E-state index in [9.17, 15) is 0 Å². The number of anilines is 1. The van der Waals surface area contributed by atoms with E-state index in [4.69, 9.17) is 10.7 Å². The predicted molar refractivity (Wildman–Crippen MR) is 95.1 cm³/mol. The molecule has 23 heavy (non-hydrogen) atoms. The highest BCUT2D eigenvalue weighted by Gasteiger charge is 2.12. The number of para-hydroxylation sites is 2. The second-order valence-corrected chi connectivity index (χ2v) is 5.62. The summed E-state index contributed by atoms with van der Waals surface area (Å²) in [5.41, 5.74) is 11.1. The molecule has 0 amide bonds. The standard InChI is InChI=1S/C20H17N3/c21-17-12-10-15(11-13-17)14-23-19-9-5-4-8-18(19)22-20(23)16-6-2-1-3-7-16/h1-13H,14,21H2. The van der Waals surface area contributed by atoms with Crippen LogP contribution in [-0.2, 0) is 6.54 Å². The van der Waals surface area contributed by atoms with E-state index in [-0.39, 0.29) is 0 Å². The first-order valence-electron chi connectivity index (χ1n) is 7.66. The molecule has 0 radical (unpaired) electrons. The van der Waals surface area contributed by atoms with E-state index >= 15 is 0 Å². The molecule has 0 atom stereocenters. The summed E-state index contributed by atoms with van der Waals surface area (Å²) < 4.78 is 2.26. The lowest BCUT2D eigenvalue weighted by Gasteiger charge is -2.10. The van der Waals surface area contributed by atoms with Crippen LogP contribution in [0.5, 0.6) is 0 Å². The quantitative estimate of drug-likeness (QED) is 0.572. The summed E-state index contributed by atoms with van der Waals surface area (Å²) in [6.45, 7) is 0.769. The molecule has 1 aromatic heterocycles. The second kappa shape index (κ2) is 5.61. The van der Waals surface area contributed by atoms with Crippen molar-refractivity contribution in [3.63, 3.8) is 0 Å². The third-order valence-corrected chi connectivity index (χ3v) is 4.01. The molecule has 1 heterocycles. The highest BCUT2D eigenvalue weighted by molar-refractivity contribution is 5.80. The third-order valence-electron chi connectivity index (χ3n) is 4.01. The van der Waals surface area contributed by atoms with E-state index in [1.54, 1.807) is 0 Å². The number of imidazole rings is 1. The van der Waals surface area contributed by atoms with E-state index in [2.05, 4.69) is 47.0 Å². The minimum absolute atomic E-state index is 0.769. The van der Waals surface area contributed by atoms with Gasteiger partial charge in [0.1, 0.15) is 5.82 Å². The lowest BCUT2D eigenvalue weighted by atomic mass is 10.2. The van der Waals surface area contributed by atoms with Gasteiger partial charge in [0.05, 0.1) is 11.0 Å². The van der Waals surface area contributed by atoms with Crippen LogP contribution in [-0.4, -0.2) is 9.55 Å². The van der Waals surface area contributed by atoms with Gasteiger partial charge in [-0.2, -0.15) is 0 Å².